The molecule has 2 aromatic rings. The van der Waals surface area contributed by atoms with E-state index in [-0.39, 0.29) is 16.0 Å². The van der Waals surface area contributed by atoms with Crippen molar-refractivity contribution in [2.24, 2.45) is 0 Å². The number of carbonyl (C=O) groups is 1. The van der Waals surface area contributed by atoms with Crippen LogP contribution in [0.4, 0.5) is 4.39 Å². The van der Waals surface area contributed by atoms with Gasteiger partial charge in [-0.05, 0) is 32.9 Å². The Hall–Kier alpha value is -1.27. The van der Waals surface area contributed by atoms with Crippen LogP contribution in [0.3, 0.4) is 0 Å². The summed E-state index contributed by atoms with van der Waals surface area (Å²) in [6, 6.07) is 4.52. The first-order valence-corrected chi connectivity index (χ1v) is 8.17. The zero-order chi connectivity index (χ0) is 15.1. The second-order valence-corrected chi connectivity index (χ2v) is 8.69. The summed E-state index contributed by atoms with van der Waals surface area (Å²) in [4.78, 5) is 11.4. The van der Waals surface area contributed by atoms with Gasteiger partial charge in [0, 0.05) is 31.2 Å². The van der Waals surface area contributed by atoms with E-state index in [1.807, 2.05) is 20.8 Å². The highest BCUT2D eigenvalue weighted by Gasteiger charge is 2.26. The predicted molar refractivity (Wildman–Crippen MR) is 80.3 cm³/mol. The Balaban J connectivity index is 2.63. The molecule has 0 radical (unpaired) electrons. The van der Waals surface area contributed by atoms with Crippen LogP contribution in [0.2, 0.25) is 0 Å². The molecule has 1 aromatic heterocycles. The van der Waals surface area contributed by atoms with Gasteiger partial charge >= 0.3 is 5.97 Å². The second-order valence-electron chi connectivity index (χ2n) is 5.43. The number of thiophene rings is 1. The Morgan fingerprint density at radius 1 is 1.40 bits per heavy atom. The van der Waals surface area contributed by atoms with Gasteiger partial charge in [-0.15, -0.1) is 11.3 Å². The minimum absolute atomic E-state index is 0.0477. The third kappa shape index (κ3) is 2.76. The highest BCUT2D eigenvalue weighted by molar-refractivity contribution is 7.85. The zero-order valence-corrected chi connectivity index (χ0v) is 13.0. The molecule has 0 amide bonds. The molecule has 3 nitrogen and oxygen atoms in total. The smallest absolute Gasteiger partial charge is 0.346 e. The van der Waals surface area contributed by atoms with Gasteiger partial charge in [0.1, 0.15) is 10.7 Å². The highest BCUT2D eigenvalue weighted by atomic mass is 32.2. The molecule has 6 heteroatoms. The standard InChI is InChI=1S/C14H15FO3S2/c1-14(2,3)20(18)7-8-11-9(15)5-4-6-10(11)19-12(8)13(16)17/h4-6H,7H2,1-3H3,(H,16,17). The van der Waals surface area contributed by atoms with Crippen molar-refractivity contribution in [1.29, 1.82) is 0 Å². The third-order valence-electron chi connectivity index (χ3n) is 2.92. The number of halogens is 1. The van der Waals surface area contributed by atoms with E-state index in [2.05, 4.69) is 0 Å². The zero-order valence-electron chi connectivity index (χ0n) is 11.4. The van der Waals surface area contributed by atoms with E-state index in [4.69, 9.17) is 0 Å². The Bertz CT molecular complexity index is 698. The first-order chi connectivity index (χ1) is 9.21. The molecule has 1 unspecified atom stereocenters. The first kappa shape index (κ1) is 15.1. The number of benzene rings is 1. The summed E-state index contributed by atoms with van der Waals surface area (Å²) in [5.74, 6) is -1.52. The summed E-state index contributed by atoms with van der Waals surface area (Å²) < 4.78 is 26.3. The van der Waals surface area contributed by atoms with Crippen molar-refractivity contribution >= 4 is 38.2 Å². The molecule has 0 fully saturated rings. The van der Waals surface area contributed by atoms with E-state index >= 15 is 0 Å². The average molecular weight is 314 g/mol. The molecule has 0 spiro atoms. The van der Waals surface area contributed by atoms with E-state index in [9.17, 15) is 18.5 Å². The molecule has 1 heterocycles. The maximum atomic E-state index is 14.0. The van der Waals surface area contributed by atoms with Gasteiger partial charge in [0.15, 0.2) is 0 Å². The Labute approximate surface area is 122 Å². The summed E-state index contributed by atoms with van der Waals surface area (Å²) in [6.07, 6.45) is 0. The van der Waals surface area contributed by atoms with Gasteiger partial charge in [-0.3, -0.25) is 4.21 Å². The van der Waals surface area contributed by atoms with Gasteiger partial charge in [0.2, 0.25) is 0 Å². The number of hydrogen-bond donors (Lipinski definition) is 1. The Morgan fingerprint density at radius 2 is 2.05 bits per heavy atom. The van der Waals surface area contributed by atoms with E-state index < -0.39 is 27.3 Å². The molecule has 0 aliphatic carbocycles. The summed E-state index contributed by atoms with van der Waals surface area (Å²) in [5, 5.41) is 9.55. The largest absolute Gasteiger partial charge is 0.477 e. The normalized spacial score (nSPS) is 13.6. The molecule has 0 aliphatic rings. The number of rotatable bonds is 3. The molecule has 2 rings (SSSR count). The lowest BCUT2D eigenvalue weighted by molar-refractivity contribution is 0.0701. The topological polar surface area (TPSA) is 54.4 Å². The molecular weight excluding hydrogens is 299 g/mol. The number of carboxylic acids is 1. The van der Waals surface area contributed by atoms with E-state index in [0.717, 1.165) is 11.3 Å². The fourth-order valence-corrected chi connectivity index (χ4v) is 3.97. The van der Waals surface area contributed by atoms with E-state index in [1.165, 1.54) is 6.07 Å². The van der Waals surface area contributed by atoms with Crippen LogP contribution in [0.15, 0.2) is 18.2 Å². The number of carboxylic acid groups (broad SMARTS) is 1. The number of aromatic carboxylic acids is 1. The average Bonchev–Trinajstić information content (AvgIpc) is 2.68. The van der Waals surface area contributed by atoms with Crippen LogP contribution in [-0.4, -0.2) is 20.0 Å². The summed E-state index contributed by atoms with van der Waals surface area (Å²) in [6.45, 7) is 5.44. The molecule has 0 bridgehead atoms. The number of fused-ring (bicyclic) bond motifs is 1. The maximum absolute atomic E-state index is 14.0. The molecule has 1 N–H and O–H groups in total. The van der Waals surface area contributed by atoms with Gasteiger partial charge in [0.25, 0.3) is 0 Å². The quantitative estimate of drug-likeness (QED) is 0.938. The van der Waals surface area contributed by atoms with Crippen molar-refractivity contribution in [3.8, 4) is 0 Å². The van der Waals surface area contributed by atoms with E-state index in [1.54, 1.807) is 12.1 Å². The van der Waals surface area contributed by atoms with Crippen molar-refractivity contribution < 1.29 is 18.5 Å². The monoisotopic (exact) mass is 314 g/mol. The van der Waals surface area contributed by atoms with Gasteiger partial charge < -0.3 is 5.11 Å². The molecule has 1 atom stereocenters. The van der Waals surface area contributed by atoms with E-state index in [0.29, 0.717) is 10.3 Å². The van der Waals surface area contributed by atoms with Gasteiger partial charge in [0.05, 0.1) is 5.75 Å². The molecule has 108 valence electrons. The highest BCUT2D eigenvalue weighted by Crippen LogP contribution is 2.35. The Kier molecular flexibility index (Phi) is 3.97. The van der Waals surface area contributed by atoms with Crippen LogP contribution >= 0.6 is 11.3 Å². The van der Waals surface area contributed by atoms with Crippen LogP contribution in [-0.2, 0) is 16.6 Å². The van der Waals surface area contributed by atoms with Crippen LogP contribution in [0.1, 0.15) is 36.0 Å². The lowest BCUT2D eigenvalue weighted by atomic mass is 10.1. The van der Waals surface area contributed by atoms with Crippen molar-refractivity contribution in [3.63, 3.8) is 0 Å². The molecule has 20 heavy (non-hydrogen) atoms. The lowest BCUT2D eigenvalue weighted by Gasteiger charge is -2.17. The first-order valence-electron chi connectivity index (χ1n) is 6.03. The van der Waals surface area contributed by atoms with Crippen molar-refractivity contribution in [1.82, 2.24) is 0 Å². The third-order valence-corrected chi connectivity index (χ3v) is 6.02. The minimum Gasteiger partial charge on any atom is -0.477 e. The molecule has 0 saturated carbocycles. The molecule has 1 aromatic carbocycles. The van der Waals surface area contributed by atoms with Crippen LogP contribution in [0.25, 0.3) is 10.1 Å². The van der Waals surface area contributed by atoms with Crippen LogP contribution in [0, 0.1) is 5.82 Å². The predicted octanol–water partition coefficient (Wildman–Crippen LogP) is 3.79. The summed E-state index contributed by atoms with van der Waals surface area (Å²) in [7, 11) is -1.28. The molecule has 0 aliphatic heterocycles. The summed E-state index contributed by atoms with van der Waals surface area (Å²) >= 11 is 1.02. The van der Waals surface area contributed by atoms with Crippen LogP contribution < -0.4 is 0 Å². The van der Waals surface area contributed by atoms with Gasteiger partial charge in [-0.2, -0.15) is 0 Å². The summed E-state index contributed by atoms with van der Waals surface area (Å²) in [5.41, 5.74) is 0.337. The lowest BCUT2D eigenvalue weighted by Crippen LogP contribution is -2.23. The van der Waals surface area contributed by atoms with Crippen molar-refractivity contribution in [3.05, 3.63) is 34.5 Å². The molecular formula is C14H15FO3S2. The van der Waals surface area contributed by atoms with Crippen LogP contribution in [0.5, 0.6) is 0 Å². The minimum atomic E-state index is -1.28. The molecule has 0 saturated heterocycles. The fraction of sp³-hybridized carbons (Fsp3) is 0.357. The van der Waals surface area contributed by atoms with Gasteiger partial charge in [-0.1, -0.05) is 6.07 Å². The fourth-order valence-electron chi connectivity index (χ4n) is 1.83. The number of hydrogen-bond acceptors (Lipinski definition) is 3. The maximum Gasteiger partial charge on any atom is 0.346 e. The second kappa shape index (κ2) is 5.26. The van der Waals surface area contributed by atoms with Crippen molar-refractivity contribution in [2.45, 2.75) is 31.3 Å². The van der Waals surface area contributed by atoms with Crippen molar-refractivity contribution in [2.75, 3.05) is 0 Å². The Morgan fingerprint density at radius 3 is 2.60 bits per heavy atom. The SMILES string of the molecule is CC(C)(C)S(=O)Cc1c(C(=O)O)sc2cccc(F)c12. The van der Waals surface area contributed by atoms with Gasteiger partial charge in [-0.25, -0.2) is 9.18 Å².